The van der Waals surface area contributed by atoms with Crippen LogP contribution in [0.2, 0.25) is 0 Å². The molecule has 0 aliphatic heterocycles. The second-order valence-electron chi connectivity index (χ2n) is 4.07. The molecule has 3 rings (SSSR count). The number of para-hydroxylation sites is 2. The van der Waals surface area contributed by atoms with Gasteiger partial charge in [0.1, 0.15) is 0 Å². The first kappa shape index (κ1) is 8.53. The lowest BCUT2D eigenvalue weighted by Crippen LogP contribution is -1.99. The van der Waals surface area contributed by atoms with E-state index < -0.39 is 0 Å². The van der Waals surface area contributed by atoms with Gasteiger partial charge in [-0.15, -0.1) is 0 Å². The van der Waals surface area contributed by atoms with Crippen LogP contribution in [0.5, 0.6) is 0 Å². The molecular formula is C12H13N3. The zero-order valence-corrected chi connectivity index (χ0v) is 8.88. The highest BCUT2D eigenvalue weighted by Crippen LogP contribution is 2.19. The Balaban J connectivity index is 2.45. The molecule has 0 saturated heterocycles. The van der Waals surface area contributed by atoms with Crippen molar-refractivity contribution in [2.75, 3.05) is 0 Å². The summed E-state index contributed by atoms with van der Waals surface area (Å²) in [7, 11) is 0. The van der Waals surface area contributed by atoms with Crippen molar-refractivity contribution in [2.24, 2.45) is 0 Å². The molecule has 0 unspecified atom stereocenters. The third-order valence-electron chi connectivity index (χ3n) is 2.74. The van der Waals surface area contributed by atoms with Crippen molar-refractivity contribution in [3.63, 3.8) is 0 Å². The number of hydrogen-bond acceptors (Lipinski definition) is 1. The van der Waals surface area contributed by atoms with Crippen LogP contribution in [0.4, 0.5) is 0 Å². The van der Waals surface area contributed by atoms with Gasteiger partial charge in [0.05, 0.1) is 11.0 Å². The zero-order valence-electron chi connectivity index (χ0n) is 8.88. The Morgan fingerprint density at radius 3 is 2.73 bits per heavy atom. The Kier molecular flexibility index (Phi) is 1.63. The van der Waals surface area contributed by atoms with Crippen molar-refractivity contribution in [1.82, 2.24) is 14.0 Å². The largest absolute Gasteiger partial charge is 0.314 e. The van der Waals surface area contributed by atoms with E-state index >= 15 is 0 Å². The first-order chi connectivity index (χ1) is 7.27. The van der Waals surface area contributed by atoms with E-state index in [1.807, 2.05) is 18.2 Å². The van der Waals surface area contributed by atoms with Crippen molar-refractivity contribution >= 4 is 16.8 Å². The van der Waals surface area contributed by atoms with Gasteiger partial charge >= 0.3 is 0 Å². The minimum atomic E-state index is 0.444. The van der Waals surface area contributed by atoms with E-state index in [0.717, 1.165) is 11.3 Å². The van der Waals surface area contributed by atoms with E-state index in [1.54, 1.807) is 0 Å². The quantitative estimate of drug-likeness (QED) is 0.590. The summed E-state index contributed by atoms with van der Waals surface area (Å²) in [6.07, 6.45) is 4.16. The average molecular weight is 199 g/mol. The Morgan fingerprint density at radius 2 is 1.93 bits per heavy atom. The van der Waals surface area contributed by atoms with Gasteiger partial charge < -0.3 is 4.57 Å². The molecule has 3 nitrogen and oxygen atoms in total. The molecule has 0 fully saturated rings. The van der Waals surface area contributed by atoms with Crippen LogP contribution in [0.1, 0.15) is 19.9 Å². The predicted octanol–water partition coefficient (Wildman–Crippen LogP) is 2.87. The Bertz CT molecular complexity index is 616. The maximum absolute atomic E-state index is 4.62. The van der Waals surface area contributed by atoms with Gasteiger partial charge in [-0.3, -0.25) is 4.40 Å². The lowest BCUT2D eigenvalue weighted by Gasteiger charge is -2.04. The first-order valence-corrected chi connectivity index (χ1v) is 5.21. The van der Waals surface area contributed by atoms with E-state index in [4.69, 9.17) is 0 Å². The molecule has 76 valence electrons. The van der Waals surface area contributed by atoms with Gasteiger partial charge in [-0.1, -0.05) is 12.1 Å². The van der Waals surface area contributed by atoms with Gasteiger partial charge in [0.25, 0.3) is 0 Å². The molecule has 2 aromatic heterocycles. The molecule has 0 aliphatic carbocycles. The van der Waals surface area contributed by atoms with Gasteiger partial charge in [-0.2, -0.15) is 0 Å². The molecule has 3 heteroatoms. The van der Waals surface area contributed by atoms with Crippen molar-refractivity contribution in [3.05, 3.63) is 36.7 Å². The number of nitrogens with zero attached hydrogens (tertiary/aromatic N) is 3. The monoisotopic (exact) mass is 199 g/mol. The molecule has 0 radical (unpaired) electrons. The predicted molar refractivity (Wildman–Crippen MR) is 61.1 cm³/mol. The Morgan fingerprint density at radius 1 is 1.13 bits per heavy atom. The molecule has 0 atom stereocenters. The van der Waals surface area contributed by atoms with E-state index in [0.29, 0.717) is 6.04 Å². The van der Waals surface area contributed by atoms with Gasteiger partial charge in [-0.05, 0) is 26.0 Å². The zero-order chi connectivity index (χ0) is 10.4. The highest BCUT2D eigenvalue weighted by atomic mass is 15.2. The molecule has 0 amide bonds. The molecule has 1 aromatic carbocycles. The maximum Gasteiger partial charge on any atom is 0.215 e. The minimum absolute atomic E-state index is 0.444. The highest BCUT2D eigenvalue weighted by Gasteiger charge is 2.09. The number of fused-ring (bicyclic) bond motifs is 3. The molecular weight excluding hydrogens is 186 g/mol. The maximum atomic E-state index is 4.62. The summed E-state index contributed by atoms with van der Waals surface area (Å²) in [5.41, 5.74) is 2.23. The summed E-state index contributed by atoms with van der Waals surface area (Å²) in [5, 5.41) is 0. The number of aromatic nitrogens is 3. The smallest absolute Gasteiger partial charge is 0.215 e. The van der Waals surface area contributed by atoms with E-state index in [1.165, 1.54) is 5.52 Å². The SMILES string of the molecule is CC(C)n1ccn2c3ccccc3nc12. The second-order valence-corrected chi connectivity index (χ2v) is 4.07. The van der Waals surface area contributed by atoms with E-state index in [2.05, 4.69) is 46.3 Å². The second kappa shape index (κ2) is 2.86. The molecule has 2 heterocycles. The molecule has 0 spiro atoms. The van der Waals surface area contributed by atoms with Crippen molar-refractivity contribution < 1.29 is 0 Å². The average Bonchev–Trinajstić information content (AvgIpc) is 2.74. The lowest BCUT2D eigenvalue weighted by molar-refractivity contribution is 0.615. The Hall–Kier alpha value is -1.77. The molecule has 15 heavy (non-hydrogen) atoms. The van der Waals surface area contributed by atoms with Gasteiger partial charge in [0.15, 0.2) is 0 Å². The first-order valence-electron chi connectivity index (χ1n) is 5.21. The third-order valence-corrected chi connectivity index (χ3v) is 2.74. The van der Waals surface area contributed by atoms with Gasteiger partial charge in [0, 0.05) is 18.4 Å². The fourth-order valence-electron chi connectivity index (χ4n) is 1.97. The number of imidazole rings is 2. The number of rotatable bonds is 1. The van der Waals surface area contributed by atoms with Crippen LogP contribution in [0.25, 0.3) is 16.8 Å². The summed E-state index contributed by atoms with van der Waals surface area (Å²) in [6.45, 7) is 4.33. The summed E-state index contributed by atoms with van der Waals surface area (Å²) in [4.78, 5) is 4.62. The van der Waals surface area contributed by atoms with E-state index in [9.17, 15) is 0 Å². The topological polar surface area (TPSA) is 22.2 Å². The normalized spacial score (nSPS) is 11.9. The van der Waals surface area contributed by atoms with Crippen LogP contribution < -0.4 is 0 Å². The Labute approximate surface area is 88.0 Å². The highest BCUT2D eigenvalue weighted by molar-refractivity contribution is 5.79. The van der Waals surface area contributed by atoms with Crippen LogP contribution in [0.15, 0.2) is 36.7 Å². The van der Waals surface area contributed by atoms with Gasteiger partial charge in [0.2, 0.25) is 5.78 Å². The number of benzene rings is 1. The standard InChI is InChI=1S/C12H13N3/c1-9(2)14-7-8-15-11-6-4-3-5-10(11)13-12(14)15/h3-9H,1-2H3. The van der Waals surface area contributed by atoms with Crippen LogP contribution in [-0.4, -0.2) is 14.0 Å². The van der Waals surface area contributed by atoms with E-state index in [-0.39, 0.29) is 0 Å². The summed E-state index contributed by atoms with van der Waals surface area (Å²) in [6, 6.07) is 8.66. The molecule has 0 bridgehead atoms. The fraction of sp³-hybridized carbons (Fsp3) is 0.250. The van der Waals surface area contributed by atoms with Crippen LogP contribution >= 0.6 is 0 Å². The molecule has 0 N–H and O–H groups in total. The van der Waals surface area contributed by atoms with Crippen LogP contribution in [0.3, 0.4) is 0 Å². The summed E-state index contributed by atoms with van der Waals surface area (Å²) in [5.74, 6) is 1.02. The summed E-state index contributed by atoms with van der Waals surface area (Å²) < 4.78 is 4.31. The van der Waals surface area contributed by atoms with Crippen LogP contribution in [0, 0.1) is 0 Å². The third kappa shape index (κ3) is 1.09. The minimum Gasteiger partial charge on any atom is -0.314 e. The molecule has 3 aromatic rings. The fourth-order valence-corrected chi connectivity index (χ4v) is 1.97. The van der Waals surface area contributed by atoms with Crippen molar-refractivity contribution in [3.8, 4) is 0 Å². The van der Waals surface area contributed by atoms with Crippen molar-refractivity contribution in [2.45, 2.75) is 19.9 Å². The van der Waals surface area contributed by atoms with Crippen LogP contribution in [-0.2, 0) is 0 Å². The lowest BCUT2D eigenvalue weighted by atomic mass is 10.3. The summed E-state index contributed by atoms with van der Waals surface area (Å²) >= 11 is 0. The van der Waals surface area contributed by atoms with Crippen molar-refractivity contribution in [1.29, 1.82) is 0 Å². The molecule has 0 saturated carbocycles. The molecule has 0 aliphatic rings. The number of hydrogen-bond donors (Lipinski definition) is 0. The van der Waals surface area contributed by atoms with Gasteiger partial charge in [-0.25, -0.2) is 4.98 Å².